The van der Waals surface area contributed by atoms with E-state index in [1.807, 2.05) is 39.0 Å². The summed E-state index contributed by atoms with van der Waals surface area (Å²) in [5.41, 5.74) is 1.27. The predicted molar refractivity (Wildman–Crippen MR) is 106 cm³/mol. The number of hydrogen-bond donors (Lipinski definition) is 1. The zero-order valence-electron chi connectivity index (χ0n) is 16.1. The van der Waals surface area contributed by atoms with E-state index in [1.54, 1.807) is 0 Å². The molecule has 1 saturated carbocycles. The minimum atomic E-state index is -1.16. The lowest BCUT2D eigenvalue weighted by Crippen LogP contribution is -2.49. The first-order valence-corrected chi connectivity index (χ1v) is 10.7. The number of Topliss-reactive ketones (excluding diaryl/α,β-unsaturated/α-hetero) is 1. The van der Waals surface area contributed by atoms with E-state index in [-0.39, 0.29) is 16.7 Å². The van der Waals surface area contributed by atoms with Crippen LogP contribution in [0, 0.1) is 11.8 Å². The van der Waals surface area contributed by atoms with E-state index in [4.69, 9.17) is 0 Å². The third-order valence-corrected chi connectivity index (χ3v) is 6.87. The van der Waals surface area contributed by atoms with Crippen LogP contribution in [0.5, 0.6) is 0 Å². The molecule has 25 heavy (non-hydrogen) atoms. The van der Waals surface area contributed by atoms with Crippen LogP contribution in [-0.2, 0) is 22.2 Å². The van der Waals surface area contributed by atoms with Crippen molar-refractivity contribution in [2.75, 3.05) is 0 Å². The molecule has 0 radical (unpaired) electrons. The molecule has 4 atom stereocenters. The van der Waals surface area contributed by atoms with E-state index in [9.17, 15) is 9.00 Å². The quantitative estimate of drug-likeness (QED) is 0.779. The molecule has 0 amide bonds. The molecule has 0 spiro atoms. The second-order valence-corrected chi connectivity index (χ2v) is 10.2. The van der Waals surface area contributed by atoms with Gasteiger partial charge in [0, 0.05) is 18.4 Å². The van der Waals surface area contributed by atoms with Crippen molar-refractivity contribution in [3.8, 4) is 0 Å². The highest BCUT2D eigenvalue weighted by Gasteiger charge is 2.38. The maximum atomic E-state index is 12.7. The van der Waals surface area contributed by atoms with Crippen LogP contribution in [0.2, 0.25) is 0 Å². The average molecular weight is 364 g/mol. The van der Waals surface area contributed by atoms with Crippen molar-refractivity contribution in [2.45, 2.75) is 77.0 Å². The van der Waals surface area contributed by atoms with Crippen molar-refractivity contribution < 1.29 is 9.00 Å². The number of nitrogens with one attached hydrogen (secondary N) is 1. The minimum Gasteiger partial charge on any atom is -0.299 e. The van der Waals surface area contributed by atoms with Gasteiger partial charge in [-0.3, -0.25) is 4.79 Å². The van der Waals surface area contributed by atoms with E-state index >= 15 is 0 Å². The standard InChI is InChI=1S/C21H33NO2S/c1-5-17-12-9-13-19(23)20(17)18(22-25(24)21(2,3)4)15-14-16-10-7-6-8-11-16/h6-8,10-11,17-18,20,22H,5,9,12-15H2,1-4H3/t17-,18+,20-,25+/m0/s1. The van der Waals surface area contributed by atoms with Gasteiger partial charge in [0.2, 0.25) is 0 Å². The molecule has 140 valence electrons. The van der Waals surface area contributed by atoms with E-state index in [1.165, 1.54) is 5.56 Å². The van der Waals surface area contributed by atoms with Crippen molar-refractivity contribution in [2.24, 2.45) is 11.8 Å². The van der Waals surface area contributed by atoms with Gasteiger partial charge in [0.15, 0.2) is 0 Å². The molecule has 0 aliphatic heterocycles. The summed E-state index contributed by atoms with van der Waals surface area (Å²) in [6, 6.07) is 10.3. The lowest BCUT2D eigenvalue weighted by Gasteiger charge is -2.37. The van der Waals surface area contributed by atoms with E-state index in [0.717, 1.165) is 32.1 Å². The Morgan fingerprint density at radius 1 is 1.24 bits per heavy atom. The smallest absolute Gasteiger partial charge is 0.137 e. The Morgan fingerprint density at radius 2 is 1.92 bits per heavy atom. The Morgan fingerprint density at radius 3 is 2.52 bits per heavy atom. The summed E-state index contributed by atoms with van der Waals surface area (Å²) in [7, 11) is -1.16. The fraction of sp³-hybridized carbons (Fsp3) is 0.667. The Hall–Kier alpha value is -1.00. The molecule has 1 aliphatic rings. The zero-order chi connectivity index (χ0) is 18.4. The number of carbonyl (C=O) groups is 1. The first kappa shape index (κ1) is 20.3. The van der Waals surface area contributed by atoms with E-state index in [2.05, 4.69) is 23.8 Å². The molecule has 1 fully saturated rings. The number of rotatable bonds is 7. The summed E-state index contributed by atoms with van der Waals surface area (Å²) < 4.78 is 15.7. The van der Waals surface area contributed by atoms with Crippen LogP contribution >= 0.6 is 0 Å². The van der Waals surface area contributed by atoms with E-state index < -0.39 is 11.0 Å². The number of carbonyl (C=O) groups excluding carboxylic acids is 1. The zero-order valence-corrected chi connectivity index (χ0v) is 16.9. The van der Waals surface area contributed by atoms with Crippen LogP contribution in [0.4, 0.5) is 0 Å². The van der Waals surface area contributed by atoms with Crippen molar-refractivity contribution >= 4 is 16.8 Å². The summed E-state index contributed by atoms with van der Waals surface area (Å²) in [4.78, 5) is 12.7. The second kappa shape index (κ2) is 9.09. The van der Waals surface area contributed by atoms with Gasteiger partial charge in [0.25, 0.3) is 0 Å². The van der Waals surface area contributed by atoms with Crippen molar-refractivity contribution in [1.29, 1.82) is 0 Å². The molecular weight excluding hydrogens is 330 g/mol. The second-order valence-electron chi connectivity index (χ2n) is 8.18. The van der Waals surface area contributed by atoms with Crippen molar-refractivity contribution in [3.05, 3.63) is 35.9 Å². The number of benzene rings is 1. The third-order valence-electron chi connectivity index (χ3n) is 5.24. The van der Waals surface area contributed by atoms with Gasteiger partial charge in [-0.25, -0.2) is 8.93 Å². The molecule has 0 saturated heterocycles. The normalized spacial score (nSPS) is 24.1. The molecule has 0 aromatic heterocycles. The summed E-state index contributed by atoms with van der Waals surface area (Å²) in [5.74, 6) is 0.759. The van der Waals surface area contributed by atoms with Crippen LogP contribution in [0.1, 0.15) is 65.4 Å². The van der Waals surface area contributed by atoms with Crippen LogP contribution in [-0.4, -0.2) is 20.8 Å². The molecule has 4 heteroatoms. The van der Waals surface area contributed by atoms with Crippen LogP contribution in [0.3, 0.4) is 0 Å². The lowest BCUT2D eigenvalue weighted by molar-refractivity contribution is -0.127. The first-order chi connectivity index (χ1) is 11.8. The topological polar surface area (TPSA) is 46.2 Å². The molecule has 1 N–H and O–H groups in total. The summed E-state index contributed by atoms with van der Waals surface area (Å²) in [5, 5.41) is 0. The molecule has 1 aromatic rings. The van der Waals surface area contributed by atoms with Gasteiger partial charge < -0.3 is 0 Å². The van der Waals surface area contributed by atoms with Gasteiger partial charge in [-0.05, 0) is 57.9 Å². The summed E-state index contributed by atoms with van der Waals surface area (Å²) >= 11 is 0. The van der Waals surface area contributed by atoms with Crippen molar-refractivity contribution in [1.82, 2.24) is 4.72 Å². The van der Waals surface area contributed by atoms with Crippen LogP contribution < -0.4 is 4.72 Å². The molecule has 0 unspecified atom stereocenters. The third kappa shape index (κ3) is 5.75. The van der Waals surface area contributed by atoms with Gasteiger partial charge in [-0.15, -0.1) is 0 Å². The summed E-state index contributed by atoms with van der Waals surface area (Å²) in [6.07, 6.45) is 5.55. The molecule has 3 nitrogen and oxygen atoms in total. The fourth-order valence-electron chi connectivity index (χ4n) is 3.75. The van der Waals surface area contributed by atoms with Gasteiger partial charge in [-0.1, -0.05) is 43.7 Å². The molecule has 0 heterocycles. The Kier molecular flexibility index (Phi) is 7.38. The van der Waals surface area contributed by atoms with E-state index in [0.29, 0.717) is 18.1 Å². The highest BCUT2D eigenvalue weighted by atomic mass is 32.2. The van der Waals surface area contributed by atoms with Gasteiger partial charge in [0.05, 0.1) is 15.7 Å². The van der Waals surface area contributed by atoms with Gasteiger partial charge in [0.1, 0.15) is 5.78 Å². The Bertz CT molecular complexity index is 579. The highest BCUT2D eigenvalue weighted by Crippen LogP contribution is 2.34. The molecule has 1 aromatic carbocycles. The maximum absolute atomic E-state index is 12.7. The van der Waals surface area contributed by atoms with Crippen LogP contribution in [0.25, 0.3) is 0 Å². The Labute approximate surface area is 155 Å². The maximum Gasteiger partial charge on any atom is 0.137 e. The van der Waals surface area contributed by atoms with Crippen LogP contribution in [0.15, 0.2) is 30.3 Å². The largest absolute Gasteiger partial charge is 0.299 e. The fourth-order valence-corrected chi connectivity index (χ4v) is 4.64. The number of aryl methyl sites for hydroxylation is 1. The number of hydrogen-bond acceptors (Lipinski definition) is 2. The first-order valence-electron chi connectivity index (χ1n) is 9.57. The highest BCUT2D eigenvalue weighted by molar-refractivity contribution is 7.84. The van der Waals surface area contributed by atoms with Gasteiger partial charge in [-0.2, -0.15) is 0 Å². The monoisotopic (exact) mass is 363 g/mol. The minimum absolute atomic E-state index is 0.00578. The molecule has 0 bridgehead atoms. The lowest BCUT2D eigenvalue weighted by atomic mass is 9.72. The van der Waals surface area contributed by atoms with Crippen molar-refractivity contribution in [3.63, 3.8) is 0 Å². The molecular formula is C21H33NO2S. The average Bonchev–Trinajstić information content (AvgIpc) is 2.58. The number of ketones is 1. The SMILES string of the molecule is CC[C@H]1CCCC(=O)[C@@H]1[C@@H](CCc1ccccc1)N[S@](=O)C(C)(C)C. The molecule has 2 rings (SSSR count). The van der Waals surface area contributed by atoms with Gasteiger partial charge >= 0.3 is 0 Å². The summed E-state index contributed by atoms with van der Waals surface area (Å²) in [6.45, 7) is 8.10. The molecule has 1 aliphatic carbocycles. The Balaban J connectivity index is 2.17. The predicted octanol–water partition coefficient (Wildman–Crippen LogP) is 4.44.